The summed E-state index contributed by atoms with van der Waals surface area (Å²) < 4.78 is 0.885. The van der Waals surface area contributed by atoms with Crippen molar-refractivity contribution in [2.24, 2.45) is 0 Å². The van der Waals surface area contributed by atoms with Crippen molar-refractivity contribution in [2.75, 3.05) is 7.05 Å². The van der Waals surface area contributed by atoms with E-state index in [1.165, 1.54) is 11.3 Å². The average Bonchev–Trinajstić information content (AvgIpc) is 2.48. The Hall–Kier alpha value is -0.0600. The number of carbonyl (C=O) groups excluding carboxylic acids is 1. The second kappa shape index (κ2) is 4.25. The molecular formula is C7H7BrClNOS. The minimum atomic E-state index is -0.593. The van der Waals surface area contributed by atoms with Crippen molar-refractivity contribution < 1.29 is 4.79 Å². The lowest BCUT2D eigenvalue weighted by molar-refractivity contribution is -0.120. The fraction of sp³-hybridized carbons (Fsp3) is 0.286. The lowest BCUT2D eigenvalue weighted by atomic mass is 10.3. The number of rotatable bonds is 2. The molecule has 0 spiro atoms. The van der Waals surface area contributed by atoms with Crippen molar-refractivity contribution in [2.45, 2.75) is 5.38 Å². The largest absolute Gasteiger partial charge is 0.358 e. The first kappa shape index (κ1) is 10.0. The van der Waals surface area contributed by atoms with Gasteiger partial charge in [0.15, 0.2) is 0 Å². The number of nitrogens with one attached hydrogen (secondary N) is 1. The molecule has 2 nitrogen and oxygen atoms in total. The number of alkyl halides is 1. The Morgan fingerprint density at radius 2 is 2.50 bits per heavy atom. The van der Waals surface area contributed by atoms with Crippen LogP contribution in [-0.2, 0) is 4.79 Å². The van der Waals surface area contributed by atoms with E-state index in [1.54, 1.807) is 7.05 Å². The average molecular weight is 269 g/mol. The molecular weight excluding hydrogens is 262 g/mol. The van der Waals surface area contributed by atoms with Crippen LogP contribution < -0.4 is 5.32 Å². The van der Waals surface area contributed by atoms with Gasteiger partial charge in [-0.3, -0.25) is 4.79 Å². The van der Waals surface area contributed by atoms with Crippen LogP contribution in [-0.4, -0.2) is 13.0 Å². The van der Waals surface area contributed by atoms with Gasteiger partial charge in [-0.25, -0.2) is 0 Å². The Morgan fingerprint density at radius 1 is 1.83 bits per heavy atom. The molecule has 1 heterocycles. The van der Waals surface area contributed by atoms with Crippen LogP contribution in [0.1, 0.15) is 10.3 Å². The third-order valence-corrected chi connectivity index (χ3v) is 3.83. The normalized spacial score (nSPS) is 12.6. The van der Waals surface area contributed by atoms with Crippen molar-refractivity contribution >= 4 is 44.8 Å². The molecule has 0 aliphatic heterocycles. The molecule has 1 aromatic heterocycles. The third kappa shape index (κ3) is 2.00. The fourth-order valence-electron chi connectivity index (χ4n) is 0.732. The summed E-state index contributed by atoms with van der Waals surface area (Å²) in [6.07, 6.45) is 0. The van der Waals surface area contributed by atoms with Crippen molar-refractivity contribution in [1.29, 1.82) is 0 Å². The van der Waals surface area contributed by atoms with E-state index < -0.39 is 5.38 Å². The molecule has 1 atom stereocenters. The van der Waals surface area contributed by atoms with Gasteiger partial charge in [0.25, 0.3) is 0 Å². The SMILES string of the molecule is CNC(=O)C(Cl)c1sccc1Br. The second-order valence-corrected chi connectivity index (χ2v) is 4.35. The Labute approximate surface area is 88.0 Å². The number of carbonyl (C=O) groups is 1. The summed E-state index contributed by atoms with van der Waals surface area (Å²) in [6.45, 7) is 0. The number of amides is 1. The highest BCUT2D eigenvalue weighted by atomic mass is 79.9. The monoisotopic (exact) mass is 267 g/mol. The van der Waals surface area contributed by atoms with Crippen molar-refractivity contribution in [3.63, 3.8) is 0 Å². The van der Waals surface area contributed by atoms with Gasteiger partial charge in [0.1, 0.15) is 5.38 Å². The van der Waals surface area contributed by atoms with E-state index in [4.69, 9.17) is 11.6 Å². The number of likely N-dealkylation sites (N-methyl/N-ethyl adjacent to an activating group) is 1. The minimum Gasteiger partial charge on any atom is -0.358 e. The van der Waals surface area contributed by atoms with E-state index in [2.05, 4.69) is 21.2 Å². The number of hydrogen-bond acceptors (Lipinski definition) is 2. The smallest absolute Gasteiger partial charge is 0.243 e. The lowest BCUT2D eigenvalue weighted by Gasteiger charge is -2.05. The molecule has 5 heteroatoms. The number of halogens is 2. The van der Waals surface area contributed by atoms with Crippen LogP contribution in [0.3, 0.4) is 0 Å². The van der Waals surface area contributed by atoms with Crippen LogP contribution in [0, 0.1) is 0 Å². The van der Waals surface area contributed by atoms with Gasteiger partial charge in [-0.15, -0.1) is 22.9 Å². The quantitative estimate of drug-likeness (QED) is 0.821. The predicted molar refractivity (Wildman–Crippen MR) is 54.7 cm³/mol. The van der Waals surface area contributed by atoms with Crippen molar-refractivity contribution in [1.82, 2.24) is 5.32 Å². The van der Waals surface area contributed by atoms with Crippen molar-refractivity contribution in [3.05, 3.63) is 20.8 Å². The Balaban J connectivity index is 2.84. The molecule has 0 aliphatic rings. The molecule has 0 saturated carbocycles. The Morgan fingerprint density at radius 3 is 2.92 bits per heavy atom. The molecule has 0 aliphatic carbocycles. The molecule has 1 N–H and O–H groups in total. The van der Waals surface area contributed by atoms with Gasteiger partial charge in [0.2, 0.25) is 5.91 Å². The first-order valence-corrected chi connectivity index (χ1v) is 5.36. The molecule has 1 rings (SSSR count). The van der Waals surface area contributed by atoms with E-state index in [9.17, 15) is 4.79 Å². The second-order valence-electron chi connectivity index (χ2n) is 2.11. The topological polar surface area (TPSA) is 29.1 Å². The molecule has 0 saturated heterocycles. The standard InChI is InChI=1S/C7H7BrClNOS/c1-10-7(11)5(9)6-4(8)2-3-12-6/h2-3,5H,1H3,(H,10,11). The summed E-state index contributed by atoms with van der Waals surface area (Å²) in [5, 5.41) is 3.79. The summed E-state index contributed by atoms with van der Waals surface area (Å²) >= 11 is 10.6. The van der Waals surface area contributed by atoms with Gasteiger partial charge < -0.3 is 5.32 Å². The third-order valence-electron chi connectivity index (χ3n) is 1.35. The van der Waals surface area contributed by atoms with Crippen LogP contribution in [0.25, 0.3) is 0 Å². The van der Waals surface area contributed by atoms with E-state index in [1.807, 2.05) is 11.4 Å². The van der Waals surface area contributed by atoms with Gasteiger partial charge in [0, 0.05) is 16.4 Å². The van der Waals surface area contributed by atoms with Crippen LogP contribution in [0.15, 0.2) is 15.9 Å². The molecule has 0 aromatic carbocycles. The van der Waals surface area contributed by atoms with E-state index >= 15 is 0 Å². The van der Waals surface area contributed by atoms with Gasteiger partial charge in [-0.05, 0) is 27.4 Å². The maximum absolute atomic E-state index is 11.1. The van der Waals surface area contributed by atoms with Crippen molar-refractivity contribution in [3.8, 4) is 0 Å². The minimum absolute atomic E-state index is 0.181. The zero-order valence-corrected chi connectivity index (χ0v) is 9.46. The number of thiophene rings is 1. The molecule has 0 fully saturated rings. The summed E-state index contributed by atoms with van der Waals surface area (Å²) in [4.78, 5) is 11.9. The van der Waals surface area contributed by atoms with E-state index in [0.29, 0.717) is 0 Å². The Kier molecular flexibility index (Phi) is 3.55. The van der Waals surface area contributed by atoms with Crippen LogP contribution in [0.5, 0.6) is 0 Å². The highest BCUT2D eigenvalue weighted by Crippen LogP contribution is 2.32. The van der Waals surface area contributed by atoms with Gasteiger partial charge in [-0.1, -0.05) is 0 Å². The Bertz CT molecular complexity index is 289. The predicted octanol–water partition coefficient (Wildman–Crippen LogP) is 2.54. The summed E-state index contributed by atoms with van der Waals surface area (Å²) in [7, 11) is 1.57. The molecule has 12 heavy (non-hydrogen) atoms. The van der Waals surface area contributed by atoms with Gasteiger partial charge in [-0.2, -0.15) is 0 Å². The zero-order chi connectivity index (χ0) is 9.14. The van der Waals surface area contributed by atoms with Crippen LogP contribution in [0.2, 0.25) is 0 Å². The maximum atomic E-state index is 11.1. The molecule has 0 radical (unpaired) electrons. The zero-order valence-electron chi connectivity index (χ0n) is 6.30. The lowest BCUT2D eigenvalue weighted by Crippen LogP contribution is -2.22. The highest BCUT2D eigenvalue weighted by molar-refractivity contribution is 9.10. The molecule has 1 amide bonds. The summed E-state index contributed by atoms with van der Waals surface area (Å²) in [6, 6.07) is 1.87. The molecule has 1 aromatic rings. The van der Waals surface area contributed by atoms with Gasteiger partial charge >= 0.3 is 0 Å². The molecule has 66 valence electrons. The number of hydrogen-bond donors (Lipinski definition) is 1. The van der Waals surface area contributed by atoms with Crippen LogP contribution in [0.4, 0.5) is 0 Å². The van der Waals surface area contributed by atoms with E-state index in [-0.39, 0.29) is 5.91 Å². The first-order chi connectivity index (χ1) is 5.66. The maximum Gasteiger partial charge on any atom is 0.243 e. The van der Waals surface area contributed by atoms with Crippen LogP contribution >= 0.6 is 38.9 Å². The highest BCUT2D eigenvalue weighted by Gasteiger charge is 2.19. The van der Waals surface area contributed by atoms with Gasteiger partial charge in [0.05, 0.1) is 0 Å². The summed E-state index contributed by atoms with van der Waals surface area (Å²) in [5.41, 5.74) is 0. The van der Waals surface area contributed by atoms with E-state index in [0.717, 1.165) is 9.35 Å². The molecule has 1 unspecified atom stereocenters. The summed E-state index contributed by atoms with van der Waals surface area (Å²) in [5.74, 6) is -0.181. The first-order valence-electron chi connectivity index (χ1n) is 3.25. The fourth-order valence-corrected chi connectivity index (χ4v) is 2.82. The molecule has 0 bridgehead atoms.